The predicted molar refractivity (Wildman–Crippen MR) is 73.4 cm³/mol. The number of hydrogen-bond donors (Lipinski definition) is 1. The first-order valence-electron chi connectivity index (χ1n) is 6.39. The summed E-state index contributed by atoms with van der Waals surface area (Å²) in [6.45, 7) is 7.48. The lowest BCUT2D eigenvalue weighted by Crippen LogP contribution is -2.30. The van der Waals surface area contributed by atoms with E-state index in [0.29, 0.717) is 11.2 Å². The summed E-state index contributed by atoms with van der Waals surface area (Å²) < 4.78 is 19.0. The Morgan fingerprint density at radius 1 is 1.44 bits per heavy atom. The van der Waals surface area contributed by atoms with E-state index in [9.17, 15) is 4.39 Å². The van der Waals surface area contributed by atoms with Gasteiger partial charge in [-0.15, -0.1) is 11.8 Å². The van der Waals surface area contributed by atoms with Crippen molar-refractivity contribution in [3.05, 3.63) is 29.6 Å². The molecule has 1 aliphatic heterocycles. The van der Waals surface area contributed by atoms with Crippen molar-refractivity contribution in [2.24, 2.45) is 5.92 Å². The molecule has 0 amide bonds. The second-order valence-corrected chi connectivity index (χ2v) is 6.34. The summed E-state index contributed by atoms with van der Waals surface area (Å²) in [5.74, 6) is 0.491. The first-order valence-corrected chi connectivity index (χ1v) is 7.27. The van der Waals surface area contributed by atoms with Gasteiger partial charge in [-0.3, -0.25) is 0 Å². The van der Waals surface area contributed by atoms with E-state index in [4.69, 9.17) is 4.74 Å². The third-order valence-electron chi connectivity index (χ3n) is 2.81. The van der Waals surface area contributed by atoms with Crippen LogP contribution in [0.3, 0.4) is 0 Å². The van der Waals surface area contributed by atoms with Crippen molar-refractivity contribution in [2.75, 3.05) is 19.8 Å². The second kappa shape index (κ2) is 6.55. The molecule has 1 N–H and O–H groups in total. The van der Waals surface area contributed by atoms with Gasteiger partial charge in [-0.2, -0.15) is 0 Å². The Labute approximate surface area is 112 Å². The summed E-state index contributed by atoms with van der Waals surface area (Å²) in [5.41, 5.74) is 1.05. The van der Waals surface area contributed by atoms with Crippen LogP contribution in [-0.2, 0) is 11.3 Å². The number of hydrogen-bond acceptors (Lipinski definition) is 3. The van der Waals surface area contributed by atoms with E-state index in [1.165, 1.54) is 6.07 Å². The maximum absolute atomic E-state index is 13.9. The van der Waals surface area contributed by atoms with Crippen molar-refractivity contribution in [1.82, 2.24) is 5.32 Å². The van der Waals surface area contributed by atoms with Gasteiger partial charge in [-0.1, -0.05) is 26.0 Å². The Hall–Kier alpha value is -0.580. The van der Waals surface area contributed by atoms with Crippen LogP contribution in [0.25, 0.3) is 0 Å². The first kappa shape index (κ1) is 13.8. The van der Waals surface area contributed by atoms with Crippen LogP contribution in [-0.4, -0.2) is 25.0 Å². The molecule has 4 heteroatoms. The van der Waals surface area contributed by atoms with E-state index in [0.717, 1.165) is 36.8 Å². The number of halogens is 1. The lowest BCUT2D eigenvalue weighted by molar-refractivity contribution is 0.0454. The molecule has 2 nitrogen and oxygen atoms in total. The van der Waals surface area contributed by atoms with E-state index < -0.39 is 0 Å². The van der Waals surface area contributed by atoms with Gasteiger partial charge in [0.1, 0.15) is 5.82 Å². The molecule has 0 unspecified atom stereocenters. The molecule has 0 spiro atoms. The molecular formula is C14H20FNOS. The fourth-order valence-corrected chi connectivity index (χ4v) is 2.90. The molecule has 1 saturated heterocycles. The topological polar surface area (TPSA) is 21.3 Å². The smallest absolute Gasteiger partial charge is 0.137 e. The molecule has 0 bridgehead atoms. The van der Waals surface area contributed by atoms with Gasteiger partial charge >= 0.3 is 0 Å². The third-order valence-corrected chi connectivity index (χ3v) is 4.11. The SMILES string of the molecule is CC(C)CNCc1cccc(F)c1SC1COC1. The minimum atomic E-state index is -0.115. The monoisotopic (exact) mass is 269 g/mol. The van der Waals surface area contributed by atoms with Crippen molar-refractivity contribution in [1.29, 1.82) is 0 Å². The lowest BCUT2D eigenvalue weighted by Gasteiger charge is -2.26. The van der Waals surface area contributed by atoms with Crippen LogP contribution < -0.4 is 5.32 Å². The number of nitrogens with one attached hydrogen (secondary N) is 1. The quantitative estimate of drug-likeness (QED) is 0.857. The molecule has 0 atom stereocenters. The fourth-order valence-electron chi connectivity index (χ4n) is 1.77. The van der Waals surface area contributed by atoms with Crippen LogP contribution in [0.4, 0.5) is 4.39 Å². The number of thioether (sulfide) groups is 1. The molecule has 1 heterocycles. The first-order chi connectivity index (χ1) is 8.66. The van der Waals surface area contributed by atoms with Crippen LogP contribution in [0.5, 0.6) is 0 Å². The maximum atomic E-state index is 13.9. The molecule has 2 rings (SSSR count). The predicted octanol–water partition coefficient (Wildman–Crippen LogP) is 3.06. The van der Waals surface area contributed by atoms with Gasteiger partial charge in [-0.25, -0.2) is 4.39 Å². The molecule has 1 aromatic carbocycles. The van der Waals surface area contributed by atoms with E-state index in [2.05, 4.69) is 19.2 Å². The lowest BCUT2D eigenvalue weighted by atomic mass is 10.2. The van der Waals surface area contributed by atoms with Gasteiger partial charge in [0.05, 0.1) is 18.5 Å². The van der Waals surface area contributed by atoms with E-state index in [-0.39, 0.29) is 5.82 Å². The van der Waals surface area contributed by atoms with Crippen LogP contribution in [0.2, 0.25) is 0 Å². The number of rotatable bonds is 6. The van der Waals surface area contributed by atoms with Crippen LogP contribution in [0, 0.1) is 11.7 Å². The standard InChI is InChI=1S/C14H20FNOS/c1-10(2)6-16-7-11-4-3-5-13(15)14(11)18-12-8-17-9-12/h3-5,10,12,16H,6-9H2,1-2H3. The second-order valence-electron chi connectivity index (χ2n) is 5.03. The Morgan fingerprint density at radius 2 is 2.22 bits per heavy atom. The largest absolute Gasteiger partial charge is 0.379 e. The highest BCUT2D eigenvalue weighted by Crippen LogP contribution is 2.32. The van der Waals surface area contributed by atoms with Crippen molar-refractivity contribution in [2.45, 2.75) is 30.5 Å². The number of benzene rings is 1. The molecule has 18 heavy (non-hydrogen) atoms. The van der Waals surface area contributed by atoms with E-state index in [1.54, 1.807) is 17.8 Å². The Balaban J connectivity index is 2.00. The molecule has 0 radical (unpaired) electrons. The molecule has 0 aliphatic carbocycles. The Bertz CT molecular complexity index is 393. The molecule has 1 fully saturated rings. The van der Waals surface area contributed by atoms with Gasteiger partial charge in [-0.05, 0) is 24.1 Å². The molecule has 1 aliphatic rings. The van der Waals surface area contributed by atoms with Gasteiger partial charge in [0.25, 0.3) is 0 Å². The summed E-state index contributed by atoms with van der Waals surface area (Å²) in [5, 5.41) is 3.77. The Morgan fingerprint density at radius 3 is 2.83 bits per heavy atom. The van der Waals surface area contributed by atoms with Crippen molar-refractivity contribution in [3.63, 3.8) is 0 Å². The van der Waals surface area contributed by atoms with Crippen molar-refractivity contribution in [3.8, 4) is 0 Å². The average molecular weight is 269 g/mol. The molecule has 0 saturated carbocycles. The molecule has 1 aromatic rings. The highest BCUT2D eigenvalue weighted by molar-refractivity contribution is 8.00. The summed E-state index contributed by atoms with van der Waals surface area (Å²) in [7, 11) is 0. The zero-order chi connectivity index (χ0) is 13.0. The molecule has 0 aromatic heterocycles. The zero-order valence-corrected chi connectivity index (χ0v) is 11.7. The average Bonchev–Trinajstić information content (AvgIpc) is 2.25. The number of ether oxygens (including phenoxy) is 1. The minimum absolute atomic E-state index is 0.115. The summed E-state index contributed by atoms with van der Waals surface area (Å²) in [6.07, 6.45) is 0. The molecule has 100 valence electrons. The minimum Gasteiger partial charge on any atom is -0.379 e. The van der Waals surface area contributed by atoms with Crippen LogP contribution in [0.15, 0.2) is 23.1 Å². The summed E-state index contributed by atoms with van der Waals surface area (Å²) in [6, 6.07) is 5.31. The third kappa shape index (κ3) is 3.70. The maximum Gasteiger partial charge on any atom is 0.137 e. The summed E-state index contributed by atoms with van der Waals surface area (Å²) in [4.78, 5) is 0.780. The van der Waals surface area contributed by atoms with Gasteiger partial charge in [0.15, 0.2) is 0 Å². The van der Waals surface area contributed by atoms with Gasteiger partial charge in [0, 0.05) is 11.4 Å². The van der Waals surface area contributed by atoms with Gasteiger partial charge < -0.3 is 10.1 Å². The van der Waals surface area contributed by atoms with Gasteiger partial charge in [0.2, 0.25) is 0 Å². The summed E-state index contributed by atoms with van der Waals surface area (Å²) >= 11 is 1.60. The molecular weight excluding hydrogens is 249 g/mol. The highest BCUT2D eigenvalue weighted by Gasteiger charge is 2.22. The normalized spacial score (nSPS) is 16.0. The van der Waals surface area contributed by atoms with Crippen molar-refractivity contribution >= 4 is 11.8 Å². The zero-order valence-electron chi connectivity index (χ0n) is 10.9. The Kier molecular flexibility index (Phi) is 5.03. The fraction of sp³-hybridized carbons (Fsp3) is 0.571. The van der Waals surface area contributed by atoms with E-state index >= 15 is 0 Å². The van der Waals surface area contributed by atoms with E-state index in [1.807, 2.05) is 6.07 Å². The highest BCUT2D eigenvalue weighted by atomic mass is 32.2. The van der Waals surface area contributed by atoms with Crippen LogP contribution in [0.1, 0.15) is 19.4 Å². The van der Waals surface area contributed by atoms with Crippen LogP contribution >= 0.6 is 11.8 Å². The van der Waals surface area contributed by atoms with Crippen molar-refractivity contribution < 1.29 is 9.13 Å².